The number of likely N-dealkylation sites (tertiary alicyclic amines) is 1. The second kappa shape index (κ2) is 12.9. The number of hydrogen-bond acceptors (Lipinski definition) is 7. The Balaban J connectivity index is 1.31. The van der Waals surface area contributed by atoms with E-state index < -0.39 is 46.8 Å². The molecule has 264 valence electrons. The monoisotopic (exact) mass is 780 g/mol. The smallest absolute Gasteiger partial charge is 0.246 e. The molecule has 0 spiro atoms. The van der Waals surface area contributed by atoms with Crippen LogP contribution in [0.4, 0.5) is 5.69 Å². The third-order valence-corrected chi connectivity index (χ3v) is 12.1. The molecule has 4 aliphatic rings. The number of methoxy groups -OCH3 is 1. The number of nitrogens with zero attached hydrogens (tertiary/aromatic N) is 2. The molecule has 6 unspecified atom stereocenters. The van der Waals surface area contributed by atoms with Crippen LogP contribution in [0.2, 0.25) is 5.02 Å². The molecule has 0 bridgehead atoms. The van der Waals surface area contributed by atoms with Crippen molar-refractivity contribution in [1.29, 1.82) is 0 Å². The van der Waals surface area contributed by atoms with Crippen molar-refractivity contribution >= 4 is 56.8 Å². The van der Waals surface area contributed by atoms with Gasteiger partial charge >= 0.3 is 0 Å². The molecule has 3 fully saturated rings. The zero-order valence-corrected chi connectivity index (χ0v) is 30.4. The van der Waals surface area contributed by atoms with Gasteiger partial charge in [0.1, 0.15) is 5.75 Å². The van der Waals surface area contributed by atoms with Crippen LogP contribution in [-0.2, 0) is 31.0 Å². The predicted molar refractivity (Wildman–Crippen MR) is 197 cm³/mol. The second-order valence-electron chi connectivity index (χ2n) is 13.9. The van der Waals surface area contributed by atoms with Gasteiger partial charge in [0.05, 0.1) is 36.0 Å². The van der Waals surface area contributed by atoms with Crippen LogP contribution in [0, 0.1) is 23.7 Å². The van der Waals surface area contributed by atoms with Gasteiger partial charge in [0, 0.05) is 27.5 Å². The number of phenols is 2. The summed E-state index contributed by atoms with van der Waals surface area (Å²) < 4.78 is 6.17. The van der Waals surface area contributed by atoms with E-state index in [9.17, 15) is 24.6 Å². The maximum absolute atomic E-state index is 15.4. The minimum absolute atomic E-state index is 0.128. The number of amides is 4. The summed E-state index contributed by atoms with van der Waals surface area (Å²) in [5.74, 6) is -5.21. The lowest BCUT2D eigenvalue weighted by Gasteiger charge is -2.50. The van der Waals surface area contributed by atoms with E-state index in [-0.39, 0.29) is 48.4 Å². The summed E-state index contributed by atoms with van der Waals surface area (Å²) in [5, 5.41) is 22.0. The lowest BCUT2D eigenvalue weighted by molar-refractivity contribution is -0.140. The number of phenolic OH excluding ortho intramolecular Hbond substituents is 2. The molecule has 6 atom stereocenters. The number of fused-ring (bicyclic) bond motifs is 4. The number of halogens is 2. The molecule has 11 heteroatoms. The van der Waals surface area contributed by atoms with Crippen LogP contribution in [0.3, 0.4) is 0 Å². The van der Waals surface area contributed by atoms with Crippen LogP contribution >= 0.6 is 27.5 Å². The molecule has 1 saturated carbocycles. The Morgan fingerprint density at radius 2 is 1.63 bits per heavy atom. The van der Waals surface area contributed by atoms with Gasteiger partial charge in [-0.1, -0.05) is 87.7 Å². The molecule has 2 heterocycles. The van der Waals surface area contributed by atoms with Gasteiger partial charge in [-0.15, -0.1) is 0 Å². The van der Waals surface area contributed by atoms with Crippen molar-refractivity contribution in [2.75, 3.05) is 18.6 Å². The molecule has 8 rings (SSSR count). The van der Waals surface area contributed by atoms with Crippen molar-refractivity contribution in [3.8, 4) is 17.2 Å². The lowest BCUT2D eigenvalue weighted by atomic mass is 9.49. The average Bonchev–Trinajstić information content (AvgIpc) is 3.52. The molecule has 9 nitrogen and oxygen atoms in total. The van der Waals surface area contributed by atoms with Crippen molar-refractivity contribution in [3.05, 3.63) is 129 Å². The summed E-state index contributed by atoms with van der Waals surface area (Å²) in [5.41, 5.74) is 1.34. The number of allylic oxidation sites excluding steroid dienone is 2. The van der Waals surface area contributed by atoms with Gasteiger partial charge in [0.2, 0.25) is 23.6 Å². The first kappa shape index (κ1) is 34.2. The first-order valence-electron chi connectivity index (χ1n) is 17.1. The SMILES string of the molecule is COc1cc(Br)cc(C2C3=CCC4C(=O)N(CCc5ccc(O)cc5)C(=O)C4C3CC3C(=O)N(c4cccc(Cl)c4)C(=O)C32c2ccccc2)c1O. The van der Waals surface area contributed by atoms with Crippen LogP contribution < -0.4 is 9.64 Å². The van der Waals surface area contributed by atoms with Crippen LogP contribution in [-0.4, -0.2) is 52.4 Å². The molecule has 4 amide bonds. The summed E-state index contributed by atoms with van der Waals surface area (Å²) in [6.45, 7) is 0.169. The van der Waals surface area contributed by atoms with E-state index in [1.165, 1.54) is 16.9 Å². The summed E-state index contributed by atoms with van der Waals surface area (Å²) in [6.07, 6.45) is 2.77. The van der Waals surface area contributed by atoms with E-state index in [0.717, 1.165) is 11.1 Å². The molecule has 0 radical (unpaired) electrons. The predicted octanol–water partition coefficient (Wildman–Crippen LogP) is 6.93. The maximum Gasteiger partial charge on any atom is 0.246 e. The Labute approximate surface area is 313 Å². The first-order valence-corrected chi connectivity index (χ1v) is 18.3. The molecule has 4 aromatic carbocycles. The number of ether oxygens (including phenoxy) is 1. The maximum atomic E-state index is 15.4. The topological polar surface area (TPSA) is 124 Å². The van der Waals surface area contributed by atoms with Gasteiger partial charge in [0.15, 0.2) is 11.5 Å². The summed E-state index contributed by atoms with van der Waals surface area (Å²) in [6, 6.07) is 25.8. The normalized spacial score (nSPS) is 26.6. The highest BCUT2D eigenvalue weighted by Gasteiger charge is 2.70. The Hall–Kier alpha value is -4.93. The third kappa shape index (κ3) is 5.10. The number of rotatable bonds is 7. The average molecular weight is 782 g/mol. The van der Waals surface area contributed by atoms with Crippen molar-refractivity contribution in [1.82, 2.24) is 4.90 Å². The van der Waals surface area contributed by atoms with Crippen LogP contribution in [0.5, 0.6) is 17.2 Å². The van der Waals surface area contributed by atoms with E-state index in [1.807, 2.05) is 36.4 Å². The van der Waals surface area contributed by atoms with E-state index in [0.29, 0.717) is 32.7 Å². The van der Waals surface area contributed by atoms with E-state index in [4.69, 9.17) is 16.3 Å². The van der Waals surface area contributed by atoms with Gasteiger partial charge in [-0.2, -0.15) is 0 Å². The number of imide groups is 2. The molecule has 52 heavy (non-hydrogen) atoms. The fourth-order valence-electron chi connectivity index (χ4n) is 9.25. The number of hydrogen-bond donors (Lipinski definition) is 2. The highest BCUT2D eigenvalue weighted by molar-refractivity contribution is 9.10. The Morgan fingerprint density at radius 1 is 0.885 bits per heavy atom. The summed E-state index contributed by atoms with van der Waals surface area (Å²) in [7, 11) is 1.44. The molecule has 2 saturated heterocycles. The molecule has 2 aliphatic carbocycles. The minimum atomic E-state index is -1.54. The lowest BCUT2D eigenvalue weighted by Crippen LogP contribution is -2.53. The zero-order valence-electron chi connectivity index (χ0n) is 28.0. The number of benzene rings is 4. The highest BCUT2D eigenvalue weighted by atomic mass is 79.9. The third-order valence-electron chi connectivity index (χ3n) is 11.4. The standard InChI is InChI=1S/C41H34BrClN2O7/c1-52-33-19-24(42)18-31(36(33)47)35-28-14-15-29-34(39(50)44(37(29)48)17-16-22-10-12-27(46)13-11-22)30(28)21-32-38(49)45(26-9-5-8-25(43)20-26)40(51)41(32,35)23-6-3-2-4-7-23/h2-14,18-20,29-30,32,34-35,46-47H,15-17,21H2,1H3. The number of aromatic hydroxyl groups is 2. The molecule has 4 aromatic rings. The number of carbonyl (C=O) groups is 4. The van der Waals surface area contributed by atoms with Crippen molar-refractivity contribution in [2.45, 2.75) is 30.6 Å². The number of carbonyl (C=O) groups excluding carboxylic acids is 4. The van der Waals surface area contributed by atoms with Crippen molar-refractivity contribution in [2.24, 2.45) is 23.7 Å². The van der Waals surface area contributed by atoms with Crippen LogP contribution in [0.1, 0.15) is 35.4 Å². The van der Waals surface area contributed by atoms with Gasteiger partial charge in [-0.05, 0) is 78.8 Å². The fraction of sp³-hybridized carbons (Fsp3) is 0.268. The second-order valence-corrected chi connectivity index (χ2v) is 15.2. The summed E-state index contributed by atoms with van der Waals surface area (Å²) in [4.78, 5) is 61.2. The van der Waals surface area contributed by atoms with Gasteiger partial charge in [-0.25, -0.2) is 4.90 Å². The molecule has 0 aromatic heterocycles. The molecular weight excluding hydrogens is 748 g/mol. The van der Waals surface area contributed by atoms with Crippen molar-refractivity contribution < 1.29 is 34.1 Å². The van der Waals surface area contributed by atoms with Crippen LogP contribution in [0.25, 0.3) is 0 Å². The Kier molecular flexibility index (Phi) is 8.50. The van der Waals surface area contributed by atoms with Gasteiger partial charge in [-0.3, -0.25) is 24.1 Å². The molecule has 2 aliphatic heterocycles. The highest BCUT2D eigenvalue weighted by Crippen LogP contribution is 2.65. The van der Waals surface area contributed by atoms with Gasteiger partial charge < -0.3 is 14.9 Å². The van der Waals surface area contributed by atoms with Gasteiger partial charge in [0.25, 0.3) is 0 Å². The van der Waals surface area contributed by atoms with E-state index >= 15 is 4.79 Å². The van der Waals surface area contributed by atoms with Crippen molar-refractivity contribution in [3.63, 3.8) is 0 Å². The molecule has 2 N–H and O–H groups in total. The van der Waals surface area contributed by atoms with E-state index in [2.05, 4.69) is 15.9 Å². The number of anilines is 1. The zero-order chi connectivity index (χ0) is 36.5. The summed E-state index contributed by atoms with van der Waals surface area (Å²) >= 11 is 9.98. The minimum Gasteiger partial charge on any atom is -0.508 e. The Morgan fingerprint density at radius 3 is 2.35 bits per heavy atom. The van der Waals surface area contributed by atoms with E-state index in [1.54, 1.807) is 60.7 Å². The molecular formula is C41H34BrClN2O7. The largest absolute Gasteiger partial charge is 0.508 e. The first-order chi connectivity index (χ1) is 25.1. The fourth-order valence-corrected chi connectivity index (χ4v) is 9.89. The Bertz CT molecular complexity index is 2170. The quantitative estimate of drug-likeness (QED) is 0.154. The van der Waals surface area contributed by atoms with Crippen LogP contribution in [0.15, 0.2) is 107 Å².